The highest BCUT2D eigenvalue weighted by molar-refractivity contribution is 7.85. The Balaban J connectivity index is 3.89. The van der Waals surface area contributed by atoms with Gasteiger partial charge in [0.05, 0.1) is 42.8 Å². The largest absolute Gasteiger partial charge is 0.862 e. The lowest BCUT2D eigenvalue weighted by atomic mass is 9.99. The maximum absolute atomic E-state index is 12.2. The van der Waals surface area contributed by atoms with Crippen LogP contribution in [0.5, 0.6) is 0 Å². The fourth-order valence-corrected chi connectivity index (χ4v) is 5.52. The molecule has 0 radical (unpaired) electrons. The van der Waals surface area contributed by atoms with Gasteiger partial charge < -0.3 is 40.4 Å². The molecule has 0 saturated carbocycles. The van der Waals surface area contributed by atoms with Crippen LogP contribution in [0.25, 0.3) is 0 Å². The summed E-state index contributed by atoms with van der Waals surface area (Å²) in [6, 6.07) is 0. The van der Waals surface area contributed by atoms with E-state index < -0.39 is 58.3 Å². The summed E-state index contributed by atoms with van der Waals surface area (Å²) in [5.41, 5.74) is 0. The number of aliphatic imine (C=N–C) groups is 1. The first kappa shape index (κ1) is 47.1. The zero-order chi connectivity index (χ0) is 36.9. The summed E-state index contributed by atoms with van der Waals surface area (Å²) in [5.74, 6) is -1.71. The van der Waals surface area contributed by atoms with E-state index in [2.05, 4.69) is 18.0 Å². The molecular weight excluding hydrogens is 654 g/mol. The molecule has 288 valence electrons. The highest BCUT2D eigenvalue weighted by Gasteiger charge is 2.23. The predicted octanol–water partition coefficient (Wildman–Crippen LogP) is 4.30. The number of aliphatic hydroxyl groups is 5. The number of rotatable bonds is 32. The highest BCUT2D eigenvalue weighted by atomic mass is 32.2. The van der Waals surface area contributed by atoms with E-state index in [0.717, 1.165) is 64.2 Å². The van der Waals surface area contributed by atoms with Crippen molar-refractivity contribution in [1.29, 1.82) is 0 Å². The number of carbonyl (C=O) groups excluding carboxylic acids is 1. The zero-order valence-electron chi connectivity index (χ0n) is 29.9. The third kappa shape index (κ3) is 31.8. The molecule has 0 aromatic heterocycles. The first-order valence-electron chi connectivity index (χ1n) is 18.3. The molecule has 0 aliphatic rings. The third-order valence-electron chi connectivity index (χ3n) is 8.13. The van der Waals surface area contributed by atoms with Gasteiger partial charge in [-0.05, 0) is 70.6 Å². The Hall–Kier alpha value is -1.87. The van der Waals surface area contributed by atoms with Crippen molar-refractivity contribution in [3.63, 3.8) is 0 Å². The van der Waals surface area contributed by atoms with E-state index in [4.69, 9.17) is 9.29 Å². The second-order valence-corrected chi connectivity index (χ2v) is 14.7. The standard InChI is InChI=1S/C36H67NO11S/c1-3-4-5-8-13-18-30(38)19-14-9-6-10-15-20-31(39)21-16-11-7-12-17-22-36(44)48-29(2)27-33(41)34(42)28-32(40)23-24-35(43)37-25-26-49(45,46)47/h13,15,18,20,29-34,38-42H,3-12,14,16-17,19,21-28H2,1-2H3,(H,37,43)(H,45,46,47)/p-1/b18-13+,20-15+/t29?,30?,31?,32-,33+,34-/m1/s1. The van der Waals surface area contributed by atoms with Crippen molar-refractivity contribution in [2.24, 2.45) is 4.99 Å². The van der Waals surface area contributed by atoms with Crippen molar-refractivity contribution in [2.45, 2.75) is 179 Å². The molecule has 13 heteroatoms. The van der Waals surface area contributed by atoms with Crippen LogP contribution in [0, 0.1) is 0 Å². The summed E-state index contributed by atoms with van der Waals surface area (Å²) in [6.07, 6.45) is 17.0. The molecule has 12 nitrogen and oxygen atoms in total. The molecule has 0 spiro atoms. The molecule has 0 amide bonds. The number of unbranched alkanes of at least 4 members (excludes halogenated alkanes) is 10. The second-order valence-electron chi connectivity index (χ2n) is 13.1. The topological polar surface area (TPSA) is 217 Å². The van der Waals surface area contributed by atoms with Crippen LogP contribution in [0.2, 0.25) is 0 Å². The van der Waals surface area contributed by atoms with Crippen molar-refractivity contribution in [1.82, 2.24) is 0 Å². The SMILES string of the molecule is CCCCC/C=C/C(O)CCCCC/C=C/C(O)CCCCCCCC(=O)OC(C)C[C@H](O)[C@H](O)C[C@H](O)CCC([O-])=NCCS(=O)(=O)O. The molecule has 6 N–H and O–H groups in total. The molecule has 0 aliphatic carbocycles. The lowest BCUT2D eigenvalue weighted by Crippen LogP contribution is -2.34. The minimum Gasteiger partial charge on any atom is -0.862 e. The zero-order valence-corrected chi connectivity index (χ0v) is 30.7. The van der Waals surface area contributed by atoms with E-state index in [1.165, 1.54) is 19.3 Å². The average molecular weight is 721 g/mol. The van der Waals surface area contributed by atoms with Crippen molar-refractivity contribution in [2.75, 3.05) is 12.3 Å². The van der Waals surface area contributed by atoms with E-state index in [-0.39, 0.29) is 44.8 Å². The van der Waals surface area contributed by atoms with Gasteiger partial charge in [0, 0.05) is 19.3 Å². The third-order valence-corrected chi connectivity index (χ3v) is 8.83. The number of allylic oxidation sites excluding steroid dienone is 2. The number of hydrogen-bond acceptors (Lipinski definition) is 11. The van der Waals surface area contributed by atoms with Crippen LogP contribution in [0.15, 0.2) is 29.3 Å². The van der Waals surface area contributed by atoms with Crippen LogP contribution in [0.3, 0.4) is 0 Å². The van der Waals surface area contributed by atoms with Gasteiger partial charge in [-0.25, -0.2) is 0 Å². The molecule has 3 unspecified atom stereocenters. The van der Waals surface area contributed by atoms with Crippen LogP contribution in [-0.2, 0) is 19.6 Å². The molecule has 6 atom stereocenters. The normalized spacial score (nSPS) is 16.5. The molecule has 0 aromatic carbocycles. The molecule has 0 heterocycles. The fraction of sp³-hybridized carbons (Fsp3) is 0.833. The van der Waals surface area contributed by atoms with Crippen LogP contribution in [0.4, 0.5) is 0 Å². The lowest BCUT2D eigenvalue weighted by Gasteiger charge is -2.23. The molecule has 49 heavy (non-hydrogen) atoms. The number of ether oxygens (including phenoxy) is 1. The van der Waals surface area contributed by atoms with Gasteiger partial charge in [-0.15, -0.1) is 0 Å². The maximum Gasteiger partial charge on any atom is 0.306 e. The molecule has 0 bridgehead atoms. The number of hydrogen-bond donors (Lipinski definition) is 6. The van der Waals surface area contributed by atoms with Crippen LogP contribution >= 0.6 is 0 Å². The minimum absolute atomic E-state index is 0.0262. The van der Waals surface area contributed by atoms with Crippen molar-refractivity contribution in [3.8, 4) is 0 Å². The average Bonchev–Trinajstić information content (AvgIpc) is 3.02. The van der Waals surface area contributed by atoms with E-state index in [0.29, 0.717) is 12.8 Å². The van der Waals surface area contributed by atoms with Gasteiger partial charge in [0.2, 0.25) is 0 Å². The maximum atomic E-state index is 12.2. The monoisotopic (exact) mass is 720 g/mol. The van der Waals surface area contributed by atoms with Gasteiger partial charge in [-0.3, -0.25) is 9.35 Å². The number of esters is 1. The van der Waals surface area contributed by atoms with Gasteiger partial charge in [0.1, 0.15) is 6.10 Å². The van der Waals surface area contributed by atoms with Crippen molar-refractivity contribution < 1.29 is 53.1 Å². The number of carbonyl (C=O) groups is 1. The first-order chi connectivity index (χ1) is 23.2. The van der Waals surface area contributed by atoms with Crippen molar-refractivity contribution >= 4 is 22.0 Å². The van der Waals surface area contributed by atoms with Crippen LogP contribution < -0.4 is 5.11 Å². The molecule has 0 aliphatic heterocycles. The van der Waals surface area contributed by atoms with E-state index in [1.807, 2.05) is 18.2 Å². The van der Waals surface area contributed by atoms with E-state index >= 15 is 0 Å². The Morgan fingerprint density at radius 2 is 1.29 bits per heavy atom. The molecule has 0 aromatic rings. The first-order valence-corrected chi connectivity index (χ1v) is 19.9. The molecular formula is C36H66NO11S-. The van der Waals surface area contributed by atoms with Crippen molar-refractivity contribution in [3.05, 3.63) is 24.3 Å². The lowest BCUT2D eigenvalue weighted by molar-refractivity contribution is -0.219. The van der Waals surface area contributed by atoms with Crippen LogP contribution in [-0.4, -0.2) is 99.3 Å². The van der Waals surface area contributed by atoms with Crippen LogP contribution in [0.1, 0.15) is 142 Å². The molecule has 0 fully saturated rings. The Morgan fingerprint density at radius 3 is 1.88 bits per heavy atom. The summed E-state index contributed by atoms with van der Waals surface area (Å²) in [7, 11) is -4.22. The van der Waals surface area contributed by atoms with Gasteiger partial charge in [0.15, 0.2) is 0 Å². The predicted molar refractivity (Wildman–Crippen MR) is 191 cm³/mol. The van der Waals surface area contributed by atoms with Gasteiger partial charge in [-0.2, -0.15) is 8.42 Å². The Bertz CT molecular complexity index is 1020. The highest BCUT2D eigenvalue weighted by Crippen LogP contribution is 2.15. The van der Waals surface area contributed by atoms with Gasteiger partial charge >= 0.3 is 5.97 Å². The number of nitrogens with zero attached hydrogens (tertiary/aromatic N) is 1. The molecule has 0 rings (SSSR count). The quantitative estimate of drug-likeness (QED) is 0.0144. The Morgan fingerprint density at radius 1 is 0.755 bits per heavy atom. The van der Waals surface area contributed by atoms with E-state index in [9.17, 15) is 43.9 Å². The molecule has 0 saturated heterocycles. The van der Waals surface area contributed by atoms with E-state index in [1.54, 1.807) is 6.92 Å². The summed E-state index contributed by atoms with van der Waals surface area (Å²) in [4.78, 5) is 15.6. The fourth-order valence-electron chi connectivity index (χ4n) is 5.19. The van der Waals surface area contributed by atoms with Gasteiger partial charge in [-0.1, -0.05) is 82.6 Å². The summed E-state index contributed by atoms with van der Waals surface area (Å²) in [5, 5.41) is 62.3. The van der Waals surface area contributed by atoms with Gasteiger partial charge in [0.25, 0.3) is 10.1 Å². The summed E-state index contributed by atoms with van der Waals surface area (Å²) < 4.78 is 35.3. The minimum atomic E-state index is -4.22. The summed E-state index contributed by atoms with van der Waals surface area (Å²) in [6.45, 7) is 3.41. The smallest absolute Gasteiger partial charge is 0.306 e. The Labute approximate surface area is 295 Å². The number of aliphatic hydroxyl groups excluding tert-OH is 5. The summed E-state index contributed by atoms with van der Waals surface area (Å²) >= 11 is 0. The Kier molecular flexibility index (Phi) is 28.7. The second kappa shape index (κ2) is 29.8.